The molecule has 0 saturated carbocycles. The van der Waals surface area contributed by atoms with Crippen molar-refractivity contribution in [3.05, 3.63) is 0 Å². The average molecular weight is 160 g/mol. The van der Waals surface area contributed by atoms with Crippen molar-refractivity contribution in [2.75, 3.05) is 6.54 Å². The number of hydrogen-bond acceptors (Lipinski definition) is 2. The topological polar surface area (TPSA) is 69.1 Å². The van der Waals surface area contributed by atoms with Gasteiger partial charge in [-0.2, -0.15) is 0 Å². The van der Waals surface area contributed by atoms with Crippen LogP contribution in [0.3, 0.4) is 0 Å². The molecular formula is C7H18Li2N2O. The van der Waals surface area contributed by atoms with Crippen molar-refractivity contribution in [1.82, 2.24) is 0 Å². The molecule has 0 radical (unpaired) electrons. The third-order valence-corrected chi connectivity index (χ3v) is 1.10. The maximum absolute atomic E-state index is 9.74. The molecule has 0 rings (SSSR count). The first kappa shape index (κ1) is 18.4. The normalized spacial score (nSPS) is 7.67. The van der Waals surface area contributed by atoms with Gasteiger partial charge in [0.05, 0.1) is 0 Å². The fourth-order valence-corrected chi connectivity index (χ4v) is 0.496. The molecular weight excluding hydrogens is 142 g/mol. The van der Waals surface area contributed by atoms with Crippen molar-refractivity contribution < 1.29 is 4.79 Å². The molecule has 0 aliphatic rings. The first-order chi connectivity index (χ1) is 5.18. The Morgan fingerprint density at radius 1 is 1.50 bits per heavy atom. The Morgan fingerprint density at radius 3 is 2.00 bits per heavy atom. The number of unbranched alkanes of at least 4 members (excludes halogenated alkanes) is 1. The number of primary amides is 1. The van der Waals surface area contributed by atoms with Crippen LogP contribution in [0.25, 0.3) is 0 Å². The molecule has 0 unspecified atom stereocenters. The number of carbonyl (C=O) groups excluding carboxylic acids is 1. The van der Waals surface area contributed by atoms with E-state index in [1.54, 1.807) is 0 Å². The van der Waals surface area contributed by atoms with E-state index in [-0.39, 0.29) is 24.8 Å². The second-order valence-corrected chi connectivity index (χ2v) is 2.36. The third kappa shape index (κ3) is 31.1. The zero-order chi connectivity index (χ0) is 9.11. The summed E-state index contributed by atoms with van der Waals surface area (Å²) in [5.74, 6) is -0.336. The Hall–Kier alpha value is 0.625. The molecule has 0 spiro atoms. The Labute approximate surface area is 96.4 Å². The first-order valence-corrected chi connectivity index (χ1v) is 4.17. The number of nitrogens with two attached hydrogens (primary N) is 2. The average Bonchev–Trinajstić information content (AvgIpc) is 1.90. The van der Waals surface area contributed by atoms with Gasteiger partial charge >= 0.3 is 61.4 Å². The van der Waals surface area contributed by atoms with Crippen LogP contribution < -0.4 is 11.5 Å². The summed E-state index contributed by atoms with van der Waals surface area (Å²) in [6.45, 7) is 2.57. The molecule has 0 heterocycles. The molecule has 64 valence electrons. The van der Waals surface area contributed by atoms with Crippen molar-refractivity contribution >= 4 is 42.5 Å². The number of hydrogen-bond donors (Lipinski definition) is 2. The van der Waals surface area contributed by atoms with Crippen molar-refractivity contribution in [2.24, 2.45) is 11.5 Å². The summed E-state index contributed by atoms with van der Waals surface area (Å²) in [5.41, 5.74) is 9.61. The summed E-state index contributed by atoms with van der Waals surface area (Å²) < 4.78 is 0. The van der Waals surface area contributed by atoms with E-state index in [1.165, 1.54) is 17.9 Å². The summed E-state index contributed by atoms with van der Waals surface area (Å²) >= 11 is 2.21. The number of carbonyl (C=O) groups is 1. The zero-order valence-corrected chi connectivity index (χ0v) is 7.60. The van der Waals surface area contributed by atoms with E-state index in [4.69, 9.17) is 5.73 Å². The SMILES string of the molecule is NCCC(N)=O.[LiH].[Li][CH2]CCC. The van der Waals surface area contributed by atoms with Crippen LogP contribution in [-0.2, 0) is 4.79 Å². The van der Waals surface area contributed by atoms with Gasteiger partial charge in [-0.1, -0.05) is 0 Å². The summed E-state index contributed by atoms with van der Waals surface area (Å²) in [4.78, 5) is 9.74. The second kappa shape index (κ2) is 17.6. The van der Waals surface area contributed by atoms with E-state index in [0.29, 0.717) is 13.0 Å². The summed E-state index contributed by atoms with van der Waals surface area (Å²) in [6.07, 6.45) is 3.02. The minimum atomic E-state index is -0.336. The van der Waals surface area contributed by atoms with Gasteiger partial charge in [0.15, 0.2) is 0 Å². The molecule has 12 heavy (non-hydrogen) atoms. The van der Waals surface area contributed by atoms with E-state index in [9.17, 15) is 4.79 Å². The Bertz CT molecular complexity index is 89.5. The zero-order valence-electron chi connectivity index (χ0n) is 7.60. The van der Waals surface area contributed by atoms with E-state index < -0.39 is 0 Å². The molecule has 0 bridgehead atoms. The molecule has 3 nitrogen and oxygen atoms in total. The molecule has 1 amide bonds. The van der Waals surface area contributed by atoms with Crippen molar-refractivity contribution in [3.8, 4) is 0 Å². The first-order valence-electron chi connectivity index (χ1n) is 4.17. The molecule has 0 aliphatic carbocycles. The molecule has 4 N–H and O–H groups in total. The standard InChI is InChI=1S/C4H9.C3H8N2O.2Li.H/c1-3-4-2;4-2-1-3(5)6;;;/h1,3-4H2,2H3;1-2,4H2,(H2,5,6);;;. The van der Waals surface area contributed by atoms with Crippen LogP contribution in [-0.4, -0.2) is 49.0 Å². The van der Waals surface area contributed by atoms with E-state index >= 15 is 0 Å². The van der Waals surface area contributed by atoms with Gasteiger partial charge in [0, 0.05) is 13.0 Å². The van der Waals surface area contributed by atoms with Gasteiger partial charge in [-0.05, 0) is 0 Å². The molecule has 0 saturated heterocycles. The molecule has 0 aliphatic heterocycles. The van der Waals surface area contributed by atoms with E-state index in [1.807, 2.05) is 0 Å². The predicted octanol–water partition coefficient (Wildman–Crippen LogP) is -0.455. The van der Waals surface area contributed by atoms with Crippen LogP contribution in [0.4, 0.5) is 0 Å². The van der Waals surface area contributed by atoms with Crippen molar-refractivity contribution in [2.45, 2.75) is 31.3 Å². The van der Waals surface area contributed by atoms with Crippen molar-refractivity contribution in [3.63, 3.8) is 0 Å². The predicted molar refractivity (Wildman–Crippen MR) is 55.5 cm³/mol. The summed E-state index contributed by atoms with van der Waals surface area (Å²) in [5, 5.41) is 1.34. The Kier molecular flexibility index (Phi) is 27.1. The molecule has 0 aromatic heterocycles. The van der Waals surface area contributed by atoms with Gasteiger partial charge in [-0.15, -0.1) is 0 Å². The van der Waals surface area contributed by atoms with Crippen molar-refractivity contribution in [1.29, 1.82) is 0 Å². The third-order valence-electron chi connectivity index (χ3n) is 1.10. The Morgan fingerprint density at radius 2 is 2.00 bits per heavy atom. The fourth-order valence-electron chi connectivity index (χ4n) is 0.496. The van der Waals surface area contributed by atoms with Crippen LogP contribution in [0.2, 0.25) is 5.09 Å². The monoisotopic (exact) mass is 160 g/mol. The van der Waals surface area contributed by atoms with Gasteiger partial charge in [0.1, 0.15) is 0 Å². The van der Waals surface area contributed by atoms with Gasteiger partial charge in [0.25, 0.3) is 0 Å². The Balaban J connectivity index is -0.000000126. The number of amides is 1. The fraction of sp³-hybridized carbons (Fsp3) is 0.857. The van der Waals surface area contributed by atoms with Crippen LogP contribution in [0.15, 0.2) is 0 Å². The van der Waals surface area contributed by atoms with Crippen LogP contribution in [0.5, 0.6) is 0 Å². The number of rotatable bonds is 4. The molecule has 0 aromatic rings. The second-order valence-electron chi connectivity index (χ2n) is 2.36. The molecule has 5 heteroatoms. The molecule has 0 aromatic carbocycles. The van der Waals surface area contributed by atoms with Gasteiger partial charge in [0.2, 0.25) is 5.91 Å². The quantitative estimate of drug-likeness (QED) is 0.546. The molecule has 0 atom stereocenters. The summed E-state index contributed by atoms with van der Waals surface area (Å²) in [7, 11) is 0. The van der Waals surface area contributed by atoms with E-state index in [2.05, 4.69) is 30.4 Å². The maximum atomic E-state index is 9.74. The van der Waals surface area contributed by atoms with Crippen LogP contribution in [0.1, 0.15) is 26.2 Å². The minimum absolute atomic E-state index is 0. The van der Waals surface area contributed by atoms with Crippen LogP contribution in [0, 0.1) is 0 Å². The summed E-state index contributed by atoms with van der Waals surface area (Å²) in [6, 6.07) is 0. The van der Waals surface area contributed by atoms with Gasteiger partial charge < -0.3 is 11.5 Å². The van der Waals surface area contributed by atoms with Gasteiger partial charge in [-0.25, -0.2) is 0 Å². The van der Waals surface area contributed by atoms with E-state index in [0.717, 1.165) is 0 Å². The van der Waals surface area contributed by atoms with Crippen LogP contribution >= 0.6 is 0 Å². The molecule has 0 fully saturated rings. The van der Waals surface area contributed by atoms with Gasteiger partial charge in [-0.3, -0.25) is 4.79 Å².